The fraction of sp³-hybridized carbons (Fsp3) is 0.571. The van der Waals surface area contributed by atoms with E-state index in [1.54, 1.807) is 0 Å². The van der Waals surface area contributed by atoms with Gasteiger partial charge in [0.25, 0.3) is 0 Å². The van der Waals surface area contributed by atoms with Gasteiger partial charge in [-0.2, -0.15) is 4.91 Å². The van der Waals surface area contributed by atoms with Gasteiger partial charge in [0.05, 0.1) is 6.04 Å². The monoisotopic (exact) mass is 230 g/mol. The molecule has 17 heavy (non-hydrogen) atoms. The summed E-state index contributed by atoms with van der Waals surface area (Å²) in [6.45, 7) is 1.03. The molecule has 2 heterocycles. The standard InChI is InChI=1S/C14H18N2O/c17-15-12-8-13-6-7-14(9-12)16(13)10-11-4-2-1-3-5-11/h1-5,12-14H,6-10H2/t12?,13-,14+. The predicted octanol–water partition coefficient (Wildman–Crippen LogP) is 2.95. The Balaban J connectivity index is 1.71. The molecule has 0 aromatic heterocycles. The van der Waals surface area contributed by atoms with Crippen LogP contribution in [0.2, 0.25) is 0 Å². The third-order valence-corrected chi connectivity index (χ3v) is 4.22. The third-order valence-electron chi connectivity index (χ3n) is 4.22. The van der Waals surface area contributed by atoms with Gasteiger partial charge in [0.15, 0.2) is 0 Å². The molecule has 1 aromatic carbocycles. The van der Waals surface area contributed by atoms with Crippen LogP contribution in [0.5, 0.6) is 0 Å². The molecule has 2 saturated heterocycles. The summed E-state index contributed by atoms with van der Waals surface area (Å²) in [5.41, 5.74) is 1.38. The Labute approximate surface area is 102 Å². The van der Waals surface area contributed by atoms with Crippen molar-refractivity contribution in [3.63, 3.8) is 0 Å². The Morgan fingerprint density at radius 3 is 2.35 bits per heavy atom. The molecule has 2 fully saturated rings. The summed E-state index contributed by atoms with van der Waals surface area (Å²) < 4.78 is 0. The number of nitroso groups, excluding NO2 is 1. The summed E-state index contributed by atoms with van der Waals surface area (Å²) in [6.07, 6.45) is 4.41. The number of hydrogen-bond acceptors (Lipinski definition) is 3. The highest BCUT2D eigenvalue weighted by Crippen LogP contribution is 2.37. The molecule has 2 aliphatic heterocycles. The van der Waals surface area contributed by atoms with E-state index in [-0.39, 0.29) is 6.04 Å². The van der Waals surface area contributed by atoms with Gasteiger partial charge in [0, 0.05) is 18.6 Å². The molecule has 0 spiro atoms. The highest BCUT2D eigenvalue weighted by Gasteiger charge is 2.40. The van der Waals surface area contributed by atoms with E-state index in [0.29, 0.717) is 12.1 Å². The maximum absolute atomic E-state index is 10.7. The van der Waals surface area contributed by atoms with Gasteiger partial charge in [-0.25, -0.2) is 0 Å². The van der Waals surface area contributed by atoms with E-state index in [1.807, 2.05) is 0 Å². The number of fused-ring (bicyclic) bond motifs is 2. The molecule has 0 aliphatic carbocycles. The average Bonchev–Trinajstić information content (AvgIpc) is 2.63. The molecule has 1 aromatic rings. The fourth-order valence-corrected chi connectivity index (χ4v) is 3.38. The lowest BCUT2D eigenvalue weighted by Gasteiger charge is -2.36. The molecule has 0 radical (unpaired) electrons. The first-order chi connectivity index (χ1) is 8.36. The summed E-state index contributed by atoms with van der Waals surface area (Å²) >= 11 is 0. The van der Waals surface area contributed by atoms with Gasteiger partial charge >= 0.3 is 0 Å². The van der Waals surface area contributed by atoms with E-state index >= 15 is 0 Å². The minimum atomic E-state index is 0.0690. The number of nitrogens with zero attached hydrogens (tertiary/aromatic N) is 2. The molecule has 0 N–H and O–H groups in total. The van der Waals surface area contributed by atoms with Crippen LogP contribution in [0.1, 0.15) is 31.2 Å². The topological polar surface area (TPSA) is 32.7 Å². The van der Waals surface area contributed by atoms with Gasteiger partial charge in [0.1, 0.15) is 0 Å². The summed E-state index contributed by atoms with van der Waals surface area (Å²) in [4.78, 5) is 13.3. The highest BCUT2D eigenvalue weighted by molar-refractivity contribution is 5.15. The summed E-state index contributed by atoms with van der Waals surface area (Å²) in [7, 11) is 0. The van der Waals surface area contributed by atoms with Crippen molar-refractivity contribution in [3.8, 4) is 0 Å². The largest absolute Gasteiger partial charge is 0.293 e. The summed E-state index contributed by atoms with van der Waals surface area (Å²) in [5, 5.41) is 3.25. The molecule has 0 amide bonds. The molecule has 0 saturated carbocycles. The minimum absolute atomic E-state index is 0.0690. The zero-order chi connectivity index (χ0) is 11.7. The van der Waals surface area contributed by atoms with Crippen LogP contribution in [-0.4, -0.2) is 23.0 Å². The highest BCUT2D eigenvalue weighted by atomic mass is 16.3. The number of rotatable bonds is 3. The molecular weight excluding hydrogens is 212 g/mol. The average molecular weight is 230 g/mol. The molecule has 1 unspecified atom stereocenters. The van der Waals surface area contributed by atoms with E-state index < -0.39 is 0 Å². The first-order valence-corrected chi connectivity index (χ1v) is 6.49. The summed E-state index contributed by atoms with van der Waals surface area (Å²) in [5.74, 6) is 0. The lowest BCUT2D eigenvalue weighted by atomic mass is 9.97. The van der Waals surface area contributed by atoms with Crippen molar-refractivity contribution in [1.29, 1.82) is 0 Å². The van der Waals surface area contributed by atoms with Gasteiger partial charge in [-0.15, -0.1) is 0 Å². The molecular formula is C14H18N2O. The van der Waals surface area contributed by atoms with E-state index in [9.17, 15) is 4.91 Å². The number of piperidine rings is 1. The second kappa shape index (κ2) is 4.57. The second-order valence-electron chi connectivity index (χ2n) is 5.27. The SMILES string of the molecule is O=NC1C[C@H]2CC[C@@H](C1)N2Cc1ccccc1. The molecule has 3 atom stereocenters. The summed E-state index contributed by atoms with van der Waals surface area (Å²) in [6, 6.07) is 11.8. The number of hydrogen-bond donors (Lipinski definition) is 0. The molecule has 3 nitrogen and oxygen atoms in total. The first-order valence-electron chi connectivity index (χ1n) is 6.49. The lowest BCUT2D eigenvalue weighted by molar-refractivity contribution is 0.120. The van der Waals surface area contributed by atoms with Crippen LogP contribution in [0, 0.1) is 4.91 Å². The van der Waals surface area contributed by atoms with E-state index in [2.05, 4.69) is 40.4 Å². The van der Waals surface area contributed by atoms with E-state index in [4.69, 9.17) is 0 Å². The third kappa shape index (κ3) is 2.12. The van der Waals surface area contributed by atoms with Crippen LogP contribution >= 0.6 is 0 Å². The predicted molar refractivity (Wildman–Crippen MR) is 67.6 cm³/mol. The van der Waals surface area contributed by atoms with E-state index in [1.165, 1.54) is 18.4 Å². The Hall–Kier alpha value is -1.22. The van der Waals surface area contributed by atoms with Crippen molar-refractivity contribution in [2.24, 2.45) is 5.18 Å². The normalized spacial score (nSPS) is 32.6. The van der Waals surface area contributed by atoms with Crippen molar-refractivity contribution in [2.75, 3.05) is 0 Å². The van der Waals surface area contributed by atoms with Crippen LogP contribution in [0.4, 0.5) is 0 Å². The van der Waals surface area contributed by atoms with Crippen LogP contribution in [-0.2, 0) is 6.54 Å². The van der Waals surface area contributed by atoms with Gasteiger partial charge in [-0.3, -0.25) is 4.90 Å². The van der Waals surface area contributed by atoms with E-state index in [0.717, 1.165) is 19.4 Å². The van der Waals surface area contributed by atoms with Crippen LogP contribution in [0.25, 0.3) is 0 Å². The maximum atomic E-state index is 10.7. The number of benzene rings is 1. The van der Waals surface area contributed by atoms with Crippen molar-refractivity contribution < 1.29 is 0 Å². The Bertz CT molecular complexity index is 378. The van der Waals surface area contributed by atoms with Gasteiger partial charge in [0.2, 0.25) is 0 Å². The molecule has 3 rings (SSSR count). The molecule has 3 heteroatoms. The van der Waals surface area contributed by atoms with Crippen LogP contribution in [0.3, 0.4) is 0 Å². The Kier molecular flexibility index (Phi) is 2.93. The smallest absolute Gasteiger partial charge is 0.0949 e. The second-order valence-corrected chi connectivity index (χ2v) is 5.27. The maximum Gasteiger partial charge on any atom is 0.0949 e. The van der Waals surface area contributed by atoms with Gasteiger partial charge in [-0.1, -0.05) is 35.5 Å². The van der Waals surface area contributed by atoms with Crippen LogP contribution < -0.4 is 0 Å². The van der Waals surface area contributed by atoms with Gasteiger partial charge in [-0.05, 0) is 31.2 Å². The van der Waals surface area contributed by atoms with Crippen molar-refractivity contribution in [3.05, 3.63) is 40.8 Å². The van der Waals surface area contributed by atoms with Crippen molar-refractivity contribution >= 4 is 0 Å². The lowest BCUT2D eigenvalue weighted by Crippen LogP contribution is -2.43. The Morgan fingerprint density at radius 1 is 1.12 bits per heavy atom. The first kappa shape index (κ1) is 10.9. The molecule has 2 aliphatic rings. The van der Waals surface area contributed by atoms with Gasteiger partial charge < -0.3 is 0 Å². The zero-order valence-electron chi connectivity index (χ0n) is 9.96. The minimum Gasteiger partial charge on any atom is -0.293 e. The van der Waals surface area contributed by atoms with Crippen LogP contribution in [0.15, 0.2) is 35.5 Å². The van der Waals surface area contributed by atoms with Crippen molar-refractivity contribution in [1.82, 2.24) is 4.90 Å². The Morgan fingerprint density at radius 2 is 1.76 bits per heavy atom. The van der Waals surface area contributed by atoms with Crippen molar-refractivity contribution in [2.45, 2.75) is 50.4 Å². The molecule has 2 bridgehead atoms. The molecule has 90 valence electrons. The fourth-order valence-electron chi connectivity index (χ4n) is 3.38. The quantitative estimate of drug-likeness (QED) is 0.748. The zero-order valence-corrected chi connectivity index (χ0v) is 9.96.